The van der Waals surface area contributed by atoms with Crippen molar-refractivity contribution in [1.29, 1.82) is 0 Å². The molecule has 3 aromatic rings. The highest BCUT2D eigenvalue weighted by atomic mass is 35.5. The predicted octanol–water partition coefficient (Wildman–Crippen LogP) is 3.32. The number of hydrogen-bond acceptors (Lipinski definition) is 7. The van der Waals surface area contributed by atoms with Crippen LogP contribution in [0.5, 0.6) is 11.5 Å². The molecule has 1 aromatic heterocycles. The number of nitrogens with zero attached hydrogens (tertiary/aromatic N) is 1. The van der Waals surface area contributed by atoms with Gasteiger partial charge >= 0.3 is 5.97 Å². The Morgan fingerprint density at radius 2 is 1.97 bits per heavy atom. The average Bonchev–Trinajstić information content (AvgIpc) is 3.20. The van der Waals surface area contributed by atoms with Crippen molar-refractivity contribution in [3.8, 4) is 11.5 Å². The van der Waals surface area contributed by atoms with E-state index in [4.69, 9.17) is 30.2 Å². The lowest BCUT2D eigenvalue weighted by atomic mass is 9.99. The second-order valence-corrected chi connectivity index (χ2v) is 8.39. The van der Waals surface area contributed by atoms with Crippen molar-refractivity contribution in [3.05, 3.63) is 58.6 Å². The van der Waals surface area contributed by atoms with Crippen LogP contribution in [0.15, 0.2) is 40.8 Å². The number of amides is 2. The third-order valence-corrected chi connectivity index (χ3v) is 6.29. The summed E-state index contributed by atoms with van der Waals surface area (Å²) >= 11 is 6.08. The van der Waals surface area contributed by atoms with Gasteiger partial charge in [-0.15, -0.1) is 0 Å². The molecule has 184 valence electrons. The minimum Gasteiger partial charge on any atom is -0.496 e. The first-order chi connectivity index (χ1) is 16.7. The molecule has 2 aromatic carbocycles. The lowest BCUT2D eigenvalue weighted by Crippen LogP contribution is -2.62. The Morgan fingerprint density at radius 3 is 2.69 bits per heavy atom. The summed E-state index contributed by atoms with van der Waals surface area (Å²) in [6.07, 6.45) is 0. The van der Waals surface area contributed by atoms with Crippen LogP contribution in [0.4, 0.5) is 4.39 Å². The van der Waals surface area contributed by atoms with E-state index >= 15 is 0 Å². The SMILES string of the molecule is COC(=O)CN1C(=O)c2oc3ccccc3c2OCC1(C)C(=O)NCc1c(OC)ccc(F)c1Cl. The zero-order valence-electron chi connectivity index (χ0n) is 19.1. The van der Waals surface area contributed by atoms with Crippen LogP contribution >= 0.6 is 11.6 Å². The fraction of sp³-hybridized carbons (Fsp3) is 0.292. The van der Waals surface area contributed by atoms with Crippen LogP contribution in [0.1, 0.15) is 23.0 Å². The van der Waals surface area contributed by atoms with Crippen molar-refractivity contribution in [3.63, 3.8) is 0 Å². The van der Waals surface area contributed by atoms with E-state index in [0.717, 1.165) is 11.0 Å². The topological polar surface area (TPSA) is 107 Å². The van der Waals surface area contributed by atoms with Crippen LogP contribution in [0.3, 0.4) is 0 Å². The largest absolute Gasteiger partial charge is 0.496 e. The molecule has 0 radical (unpaired) electrons. The molecule has 0 saturated heterocycles. The summed E-state index contributed by atoms with van der Waals surface area (Å²) in [4.78, 5) is 40.2. The first-order valence-electron chi connectivity index (χ1n) is 10.5. The number of benzene rings is 2. The van der Waals surface area contributed by atoms with Gasteiger partial charge in [-0.3, -0.25) is 14.4 Å². The van der Waals surface area contributed by atoms with Crippen LogP contribution < -0.4 is 14.8 Å². The van der Waals surface area contributed by atoms with Gasteiger partial charge in [0.2, 0.25) is 11.7 Å². The lowest BCUT2D eigenvalue weighted by Gasteiger charge is -2.36. The van der Waals surface area contributed by atoms with Crippen LogP contribution in [0, 0.1) is 5.82 Å². The fourth-order valence-corrected chi connectivity index (χ4v) is 4.08. The summed E-state index contributed by atoms with van der Waals surface area (Å²) in [6.45, 7) is 0.401. The molecule has 0 spiro atoms. The number of carbonyl (C=O) groups excluding carboxylic acids is 3. The van der Waals surface area contributed by atoms with Crippen molar-refractivity contribution >= 4 is 40.4 Å². The van der Waals surface area contributed by atoms with E-state index in [9.17, 15) is 18.8 Å². The highest BCUT2D eigenvalue weighted by Gasteiger charge is 2.48. The van der Waals surface area contributed by atoms with Crippen LogP contribution in [0.25, 0.3) is 11.0 Å². The van der Waals surface area contributed by atoms with Crippen molar-refractivity contribution < 1.29 is 37.4 Å². The Morgan fingerprint density at radius 1 is 1.23 bits per heavy atom. The summed E-state index contributed by atoms with van der Waals surface area (Å²) in [7, 11) is 2.56. The van der Waals surface area contributed by atoms with E-state index in [0.29, 0.717) is 11.0 Å². The Balaban J connectivity index is 1.69. The molecule has 1 aliphatic rings. The number of rotatable bonds is 6. The van der Waals surface area contributed by atoms with Gasteiger partial charge in [0.05, 0.1) is 24.6 Å². The zero-order chi connectivity index (χ0) is 25.3. The van der Waals surface area contributed by atoms with Gasteiger partial charge in [0.1, 0.15) is 30.3 Å². The van der Waals surface area contributed by atoms with Crippen LogP contribution in [-0.4, -0.2) is 55.6 Å². The van der Waals surface area contributed by atoms with E-state index in [1.807, 2.05) is 0 Å². The number of hydrogen-bond donors (Lipinski definition) is 1. The summed E-state index contributed by atoms with van der Waals surface area (Å²) in [6, 6.07) is 9.42. The van der Waals surface area contributed by atoms with E-state index in [1.165, 1.54) is 27.2 Å². The minimum absolute atomic E-state index is 0.138. The second-order valence-electron chi connectivity index (χ2n) is 8.01. The Bertz CT molecular complexity index is 1320. The molecule has 2 heterocycles. The highest BCUT2D eigenvalue weighted by Crippen LogP contribution is 2.38. The number of nitrogens with one attached hydrogen (secondary N) is 1. The summed E-state index contributed by atoms with van der Waals surface area (Å²) in [5.41, 5.74) is -1.03. The third kappa shape index (κ3) is 4.25. The number of ether oxygens (including phenoxy) is 3. The number of furan rings is 1. The standard InChI is InChI=1S/C24H22ClFN2O7/c1-24(23(31)27-10-14-16(32-2)9-8-15(26)19(14)25)12-34-20-13-6-4-5-7-17(13)35-21(20)22(30)28(24)11-18(29)33-3/h4-9H,10-12H2,1-3H3,(H,27,31). The van der Waals surface area contributed by atoms with E-state index in [2.05, 4.69) is 5.32 Å². The molecule has 1 aliphatic heterocycles. The van der Waals surface area contributed by atoms with E-state index in [-0.39, 0.29) is 41.0 Å². The Hall–Kier alpha value is -3.79. The minimum atomic E-state index is -1.67. The van der Waals surface area contributed by atoms with Crippen LogP contribution in [0.2, 0.25) is 5.02 Å². The molecule has 1 N–H and O–H groups in total. The number of esters is 1. The number of fused-ring (bicyclic) bond motifs is 3. The first-order valence-corrected chi connectivity index (χ1v) is 10.9. The molecule has 0 bridgehead atoms. The van der Waals surface area contributed by atoms with Gasteiger partial charge < -0.3 is 28.8 Å². The molecule has 1 atom stereocenters. The van der Waals surface area contributed by atoms with Gasteiger partial charge in [0, 0.05) is 12.1 Å². The molecule has 0 saturated carbocycles. The number of methoxy groups -OCH3 is 2. The lowest BCUT2D eigenvalue weighted by molar-refractivity contribution is -0.145. The monoisotopic (exact) mass is 504 g/mol. The van der Waals surface area contributed by atoms with Gasteiger partial charge in [0.25, 0.3) is 5.91 Å². The van der Waals surface area contributed by atoms with Gasteiger partial charge in [-0.1, -0.05) is 23.7 Å². The smallest absolute Gasteiger partial charge is 0.325 e. The maximum atomic E-state index is 14.0. The molecule has 0 fully saturated rings. The number of halogens is 2. The van der Waals surface area contributed by atoms with Gasteiger partial charge in [0.15, 0.2) is 11.3 Å². The molecule has 0 aliphatic carbocycles. The fourth-order valence-electron chi connectivity index (χ4n) is 3.86. The van der Waals surface area contributed by atoms with Gasteiger partial charge in [-0.2, -0.15) is 0 Å². The molecular weight excluding hydrogens is 483 g/mol. The predicted molar refractivity (Wildman–Crippen MR) is 123 cm³/mol. The Labute approximate surface area is 204 Å². The zero-order valence-corrected chi connectivity index (χ0v) is 19.9. The average molecular weight is 505 g/mol. The number of para-hydroxylation sites is 1. The van der Waals surface area contributed by atoms with Crippen LogP contribution in [-0.2, 0) is 20.9 Å². The van der Waals surface area contributed by atoms with Crippen molar-refractivity contribution in [2.75, 3.05) is 27.4 Å². The molecular formula is C24H22ClFN2O7. The summed E-state index contributed by atoms with van der Waals surface area (Å²) < 4.78 is 35.6. The van der Waals surface area contributed by atoms with E-state index < -0.39 is 35.7 Å². The maximum absolute atomic E-state index is 14.0. The third-order valence-electron chi connectivity index (χ3n) is 5.89. The second kappa shape index (κ2) is 9.46. The highest BCUT2D eigenvalue weighted by molar-refractivity contribution is 6.31. The van der Waals surface area contributed by atoms with Gasteiger partial charge in [-0.05, 0) is 31.2 Å². The Kier molecular flexibility index (Phi) is 6.58. The van der Waals surface area contributed by atoms with E-state index in [1.54, 1.807) is 24.3 Å². The van der Waals surface area contributed by atoms with Gasteiger partial charge in [-0.25, -0.2) is 4.39 Å². The molecule has 35 heavy (non-hydrogen) atoms. The molecule has 9 nitrogen and oxygen atoms in total. The van der Waals surface area contributed by atoms with Crippen molar-refractivity contribution in [2.45, 2.75) is 19.0 Å². The molecule has 1 unspecified atom stereocenters. The quantitative estimate of drug-likeness (QED) is 0.513. The molecule has 4 rings (SSSR count). The maximum Gasteiger partial charge on any atom is 0.325 e. The first kappa shape index (κ1) is 24.3. The van der Waals surface area contributed by atoms with Crippen molar-refractivity contribution in [1.82, 2.24) is 10.2 Å². The van der Waals surface area contributed by atoms with Crippen molar-refractivity contribution in [2.24, 2.45) is 0 Å². The molecule has 2 amide bonds. The summed E-state index contributed by atoms with van der Waals surface area (Å²) in [5.74, 6) is -2.52. The number of carbonyl (C=O) groups is 3. The summed E-state index contributed by atoms with van der Waals surface area (Å²) in [5, 5.41) is 2.99. The molecule has 11 heteroatoms. The normalized spacial score (nSPS) is 17.4.